The first kappa shape index (κ1) is 14.0. The van der Waals surface area contributed by atoms with E-state index in [1.165, 1.54) is 23.5 Å². The van der Waals surface area contributed by atoms with Crippen molar-refractivity contribution in [1.82, 2.24) is 10.3 Å². The Morgan fingerprint density at radius 2 is 2.32 bits per heavy atom. The van der Waals surface area contributed by atoms with E-state index in [-0.39, 0.29) is 11.6 Å². The SMILES string of the molecule is Cc1ncsc1CNC(=O)c1cc(N)c(F)cc1Br. The summed E-state index contributed by atoms with van der Waals surface area (Å²) in [5.74, 6) is -0.867. The van der Waals surface area contributed by atoms with Gasteiger partial charge < -0.3 is 11.1 Å². The zero-order chi connectivity index (χ0) is 14.0. The second kappa shape index (κ2) is 5.66. The number of anilines is 1. The summed E-state index contributed by atoms with van der Waals surface area (Å²) in [4.78, 5) is 17.1. The molecular formula is C12H11BrFN3OS. The number of nitrogens with two attached hydrogens (primary N) is 1. The summed E-state index contributed by atoms with van der Waals surface area (Å²) in [5, 5.41) is 2.75. The van der Waals surface area contributed by atoms with Crippen LogP contribution in [-0.2, 0) is 6.54 Å². The quantitative estimate of drug-likeness (QED) is 0.842. The molecule has 0 aliphatic heterocycles. The first-order chi connectivity index (χ1) is 8.99. The molecule has 0 unspecified atom stereocenters. The summed E-state index contributed by atoms with van der Waals surface area (Å²) in [6, 6.07) is 2.50. The van der Waals surface area contributed by atoms with Crippen LogP contribution in [0.15, 0.2) is 22.1 Å². The van der Waals surface area contributed by atoms with Crippen molar-refractivity contribution in [2.24, 2.45) is 0 Å². The van der Waals surface area contributed by atoms with E-state index in [2.05, 4.69) is 26.2 Å². The molecule has 0 spiro atoms. The zero-order valence-corrected chi connectivity index (χ0v) is 12.4. The van der Waals surface area contributed by atoms with Gasteiger partial charge in [-0.25, -0.2) is 9.37 Å². The lowest BCUT2D eigenvalue weighted by Crippen LogP contribution is -2.23. The van der Waals surface area contributed by atoms with Crippen LogP contribution in [0.2, 0.25) is 0 Å². The number of aryl methyl sites for hydroxylation is 1. The first-order valence-electron chi connectivity index (χ1n) is 5.40. The maximum absolute atomic E-state index is 13.2. The summed E-state index contributed by atoms with van der Waals surface area (Å²) in [6.45, 7) is 2.27. The summed E-state index contributed by atoms with van der Waals surface area (Å²) < 4.78 is 13.6. The molecule has 1 aromatic carbocycles. The molecule has 0 radical (unpaired) electrons. The fourth-order valence-corrected chi connectivity index (χ4v) is 2.70. The minimum Gasteiger partial charge on any atom is -0.396 e. The number of amides is 1. The average molecular weight is 344 g/mol. The normalized spacial score (nSPS) is 10.5. The van der Waals surface area contributed by atoms with Crippen molar-refractivity contribution < 1.29 is 9.18 Å². The van der Waals surface area contributed by atoms with Gasteiger partial charge in [-0.05, 0) is 35.0 Å². The van der Waals surface area contributed by atoms with Crippen LogP contribution in [0.25, 0.3) is 0 Å². The lowest BCUT2D eigenvalue weighted by atomic mass is 10.2. The van der Waals surface area contributed by atoms with Crippen LogP contribution in [0.3, 0.4) is 0 Å². The molecule has 0 aliphatic carbocycles. The number of nitrogens with one attached hydrogen (secondary N) is 1. The van der Waals surface area contributed by atoms with Gasteiger partial charge >= 0.3 is 0 Å². The van der Waals surface area contributed by atoms with Crippen LogP contribution >= 0.6 is 27.3 Å². The predicted molar refractivity (Wildman–Crippen MR) is 76.5 cm³/mol. The summed E-state index contributed by atoms with van der Waals surface area (Å²) in [5.41, 5.74) is 8.33. The zero-order valence-electron chi connectivity index (χ0n) is 10.0. The number of benzene rings is 1. The lowest BCUT2D eigenvalue weighted by molar-refractivity contribution is 0.0950. The Kier molecular flexibility index (Phi) is 4.16. The second-order valence-corrected chi connectivity index (χ2v) is 5.69. The van der Waals surface area contributed by atoms with Crippen molar-refractivity contribution in [3.05, 3.63) is 44.1 Å². The molecule has 0 saturated carbocycles. The van der Waals surface area contributed by atoms with E-state index < -0.39 is 5.82 Å². The third-order valence-electron chi connectivity index (χ3n) is 2.59. The number of nitrogens with zero attached hydrogens (tertiary/aromatic N) is 1. The molecule has 1 heterocycles. The van der Waals surface area contributed by atoms with Crippen LogP contribution in [0, 0.1) is 12.7 Å². The number of thiazole rings is 1. The van der Waals surface area contributed by atoms with Gasteiger partial charge in [0.25, 0.3) is 5.91 Å². The minimum atomic E-state index is -0.554. The minimum absolute atomic E-state index is 0.0534. The average Bonchev–Trinajstić information content (AvgIpc) is 2.76. The number of halogens is 2. The van der Waals surface area contributed by atoms with E-state index in [1.807, 2.05) is 6.92 Å². The monoisotopic (exact) mass is 343 g/mol. The first-order valence-corrected chi connectivity index (χ1v) is 7.08. The topological polar surface area (TPSA) is 68.0 Å². The second-order valence-electron chi connectivity index (χ2n) is 3.90. The lowest BCUT2D eigenvalue weighted by Gasteiger charge is -2.08. The molecule has 0 saturated heterocycles. The highest BCUT2D eigenvalue weighted by Gasteiger charge is 2.13. The van der Waals surface area contributed by atoms with Crippen molar-refractivity contribution in [3.63, 3.8) is 0 Å². The molecule has 2 aromatic rings. The molecule has 19 heavy (non-hydrogen) atoms. The maximum Gasteiger partial charge on any atom is 0.252 e. The Morgan fingerprint density at radius 3 is 2.95 bits per heavy atom. The molecule has 0 aliphatic rings. The molecular weight excluding hydrogens is 333 g/mol. The number of carbonyl (C=O) groups excluding carboxylic acids is 1. The van der Waals surface area contributed by atoms with Crippen LogP contribution in [0.1, 0.15) is 20.9 Å². The number of rotatable bonds is 3. The molecule has 7 heteroatoms. The Bertz CT molecular complexity index is 629. The van der Waals surface area contributed by atoms with E-state index >= 15 is 0 Å². The van der Waals surface area contributed by atoms with Crippen molar-refractivity contribution in [1.29, 1.82) is 0 Å². The van der Waals surface area contributed by atoms with Gasteiger partial charge in [0.15, 0.2) is 0 Å². The Labute approximate surface area is 122 Å². The van der Waals surface area contributed by atoms with E-state index in [0.29, 0.717) is 16.6 Å². The van der Waals surface area contributed by atoms with Gasteiger partial charge in [-0.2, -0.15) is 0 Å². The maximum atomic E-state index is 13.2. The van der Waals surface area contributed by atoms with Crippen LogP contribution in [0.5, 0.6) is 0 Å². The number of hydrogen-bond donors (Lipinski definition) is 2. The van der Waals surface area contributed by atoms with Gasteiger partial charge in [0, 0.05) is 9.35 Å². The van der Waals surface area contributed by atoms with Gasteiger partial charge in [-0.1, -0.05) is 0 Å². The highest BCUT2D eigenvalue weighted by molar-refractivity contribution is 9.10. The molecule has 2 rings (SSSR count). The van der Waals surface area contributed by atoms with Crippen LogP contribution in [0.4, 0.5) is 10.1 Å². The smallest absolute Gasteiger partial charge is 0.252 e. The summed E-state index contributed by atoms with van der Waals surface area (Å²) in [6.07, 6.45) is 0. The molecule has 100 valence electrons. The van der Waals surface area contributed by atoms with Crippen molar-refractivity contribution >= 4 is 38.9 Å². The molecule has 4 nitrogen and oxygen atoms in total. The van der Waals surface area contributed by atoms with Gasteiger partial charge in [0.05, 0.1) is 29.0 Å². The van der Waals surface area contributed by atoms with E-state index in [4.69, 9.17) is 5.73 Å². The summed E-state index contributed by atoms with van der Waals surface area (Å²) >= 11 is 4.62. The molecule has 3 N–H and O–H groups in total. The van der Waals surface area contributed by atoms with Gasteiger partial charge in [0.1, 0.15) is 5.82 Å². The van der Waals surface area contributed by atoms with Crippen molar-refractivity contribution in [2.75, 3.05) is 5.73 Å². The third kappa shape index (κ3) is 3.10. The molecule has 0 fully saturated rings. The van der Waals surface area contributed by atoms with E-state index in [9.17, 15) is 9.18 Å². The Balaban J connectivity index is 2.12. The van der Waals surface area contributed by atoms with Crippen molar-refractivity contribution in [3.8, 4) is 0 Å². The highest BCUT2D eigenvalue weighted by Crippen LogP contribution is 2.23. The van der Waals surface area contributed by atoms with Crippen LogP contribution < -0.4 is 11.1 Å². The van der Waals surface area contributed by atoms with E-state index in [1.54, 1.807) is 5.51 Å². The fraction of sp³-hybridized carbons (Fsp3) is 0.167. The predicted octanol–water partition coefficient (Wildman–Crippen LogP) is 2.87. The van der Waals surface area contributed by atoms with E-state index in [0.717, 1.165) is 10.6 Å². The standard InChI is InChI=1S/C12H11BrFN3OS/c1-6-11(19-5-17-6)4-16-12(18)7-2-10(15)9(14)3-8(7)13/h2-3,5H,4,15H2,1H3,(H,16,18). The number of hydrogen-bond acceptors (Lipinski definition) is 4. The Hall–Kier alpha value is -1.47. The third-order valence-corrected chi connectivity index (χ3v) is 4.18. The molecule has 1 amide bonds. The number of aromatic nitrogens is 1. The highest BCUT2D eigenvalue weighted by atomic mass is 79.9. The Morgan fingerprint density at radius 1 is 1.58 bits per heavy atom. The van der Waals surface area contributed by atoms with Crippen LogP contribution in [-0.4, -0.2) is 10.9 Å². The summed E-state index contributed by atoms with van der Waals surface area (Å²) in [7, 11) is 0. The molecule has 1 aromatic heterocycles. The van der Waals surface area contributed by atoms with Crippen molar-refractivity contribution in [2.45, 2.75) is 13.5 Å². The van der Waals surface area contributed by atoms with Gasteiger partial charge in [-0.15, -0.1) is 11.3 Å². The molecule has 0 bridgehead atoms. The largest absolute Gasteiger partial charge is 0.396 e. The number of nitrogen functional groups attached to an aromatic ring is 1. The van der Waals surface area contributed by atoms with Gasteiger partial charge in [-0.3, -0.25) is 4.79 Å². The fourth-order valence-electron chi connectivity index (χ4n) is 1.49. The molecule has 0 atom stereocenters. The number of carbonyl (C=O) groups is 1. The van der Waals surface area contributed by atoms with Gasteiger partial charge in [0.2, 0.25) is 0 Å².